The summed E-state index contributed by atoms with van der Waals surface area (Å²) in [6.45, 7) is 2.31. The number of nitro groups is 1. The average Bonchev–Trinajstić information content (AvgIpc) is 3.16. The molecule has 1 saturated heterocycles. The number of piperidine rings is 1. The number of rotatable bonds is 7. The smallest absolute Gasteiger partial charge is 0.338 e. The zero-order chi connectivity index (χ0) is 21.7. The Hall–Kier alpha value is -2.95. The van der Waals surface area contributed by atoms with Gasteiger partial charge in [-0.2, -0.15) is 0 Å². The molecule has 0 bridgehead atoms. The second-order valence-electron chi connectivity index (χ2n) is 6.99. The van der Waals surface area contributed by atoms with Crippen LogP contribution in [0.1, 0.15) is 43.0 Å². The molecule has 10 nitrogen and oxygen atoms in total. The number of aryl methyl sites for hydroxylation is 1. The SMILES string of the molecule is CCC1CCCCN1C(=O)COC(=O)c1ccc(Sc2nncn2C)c([N+](=O)[O-])c1. The van der Waals surface area contributed by atoms with Crippen molar-refractivity contribution in [1.82, 2.24) is 19.7 Å². The molecule has 0 saturated carbocycles. The largest absolute Gasteiger partial charge is 0.452 e. The van der Waals surface area contributed by atoms with Gasteiger partial charge in [0.2, 0.25) is 0 Å². The van der Waals surface area contributed by atoms with E-state index in [4.69, 9.17) is 4.74 Å². The van der Waals surface area contributed by atoms with E-state index in [2.05, 4.69) is 10.2 Å². The van der Waals surface area contributed by atoms with Crippen LogP contribution in [0, 0.1) is 10.1 Å². The molecule has 1 aromatic carbocycles. The summed E-state index contributed by atoms with van der Waals surface area (Å²) < 4.78 is 6.78. The zero-order valence-electron chi connectivity index (χ0n) is 16.8. The number of benzene rings is 1. The van der Waals surface area contributed by atoms with Crippen LogP contribution in [0.3, 0.4) is 0 Å². The lowest BCUT2D eigenvalue weighted by molar-refractivity contribution is -0.387. The van der Waals surface area contributed by atoms with Crippen LogP contribution in [-0.4, -0.2) is 55.7 Å². The highest BCUT2D eigenvalue weighted by Crippen LogP contribution is 2.34. The van der Waals surface area contributed by atoms with E-state index < -0.39 is 10.9 Å². The summed E-state index contributed by atoms with van der Waals surface area (Å²) in [6.07, 6.45) is 5.32. The monoisotopic (exact) mass is 433 g/mol. The van der Waals surface area contributed by atoms with E-state index in [1.54, 1.807) is 16.5 Å². The Labute approximate surface area is 177 Å². The Bertz CT molecular complexity index is 947. The molecule has 1 amide bonds. The van der Waals surface area contributed by atoms with Gasteiger partial charge in [-0.1, -0.05) is 6.92 Å². The Morgan fingerprint density at radius 2 is 2.17 bits per heavy atom. The number of hydrogen-bond donors (Lipinski definition) is 0. The second kappa shape index (κ2) is 9.70. The summed E-state index contributed by atoms with van der Waals surface area (Å²) in [5.41, 5.74) is -0.228. The van der Waals surface area contributed by atoms with Crippen molar-refractivity contribution < 1.29 is 19.2 Å². The van der Waals surface area contributed by atoms with E-state index in [0.717, 1.165) is 43.5 Å². The van der Waals surface area contributed by atoms with Gasteiger partial charge >= 0.3 is 5.97 Å². The molecule has 11 heteroatoms. The molecule has 2 aromatic rings. The fourth-order valence-corrected chi connectivity index (χ4v) is 4.23. The Morgan fingerprint density at radius 3 is 2.83 bits per heavy atom. The Morgan fingerprint density at radius 1 is 1.37 bits per heavy atom. The van der Waals surface area contributed by atoms with Gasteiger partial charge in [0.15, 0.2) is 11.8 Å². The molecule has 3 rings (SSSR count). The van der Waals surface area contributed by atoms with Crippen LogP contribution in [0.5, 0.6) is 0 Å². The van der Waals surface area contributed by atoms with Crippen LogP contribution in [-0.2, 0) is 16.6 Å². The molecule has 1 unspecified atom stereocenters. The molecule has 0 N–H and O–H groups in total. The zero-order valence-corrected chi connectivity index (χ0v) is 17.6. The van der Waals surface area contributed by atoms with Crippen LogP contribution in [0.4, 0.5) is 5.69 Å². The summed E-state index contributed by atoms with van der Waals surface area (Å²) in [6, 6.07) is 4.23. The number of aromatic nitrogens is 3. The van der Waals surface area contributed by atoms with Crippen molar-refractivity contribution >= 4 is 29.3 Å². The van der Waals surface area contributed by atoms with Gasteiger partial charge in [0.05, 0.1) is 15.4 Å². The Kier molecular flexibility index (Phi) is 7.03. The highest BCUT2D eigenvalue weighted by Gasteiger charge is 2.26. The number of likely N-dealkylation sites (tertiary alicyclic amines) is 1. The van der Waals surface area contributed by atoms with Crippen molar-refractivity contribution in [2.75, 3.05) is 13.2 Å². The number of carbonyl (C=O) groups is 2. The third-order valence-electron chi connectivity index (χ3n) is 5.01. The van der Waals surface area contributed by atoms with Gasteiger partial charge in [-0.15, -0.1) is 10.2 Å². The molecule has 0 aliphatic carbocycles. The van der Waals surface area contributed by atoms with E-state index in [1.165, 1.54) is 18.5 Å². The number of ether oxygens (including phenoxy) is 1. The number of esters is 1. The van der Waals surface area contributed by atoms with Gasteiger partial charge in [-0.05, 0) is 49.6 Å². The molecule has 0 spiro atoms. The lowest BCUT2D eigenvalue weighted by Gasteiger charge is -2.35. The minimum atomic E-state index is -0.772. The summed E-state index contributed by atoms with van der Waals surface area (Å²) >= 11 is 1.07. The van der Waals surface area contributed by atoms with Crippen LogP contribution in [0.15, 0.2) is 34.6 Å². The summed E-state index contributed by atoms with van der Waals surface area (Å²) in [5, 5.41) is 19.6. The van der Waals surface area contributed by atoms with Gasteiger partial charge in [0.1, 0.15) is 6.33 Å². The number of amides is 1. The van der Waals surface area contributed by atoms with E-state index in [0.29, 0.717) is 16.6 Å². The molecule has 2 heterocycles. The fraction of sp³-hybridized carbons (Fsp3) is 0.474. The molecular formula is C19H23N5O5S. The van der Waals surface area contributed by atoms with E-state index in [1.807, 2.05) is 6.92 Å². The first-order chi connectivity index (χ1) is 14.4. The number of hydrogen-bond acceptors (Lipinski definition) is 8. The molecule has 30 heavy (non-hydrogen) atoms. The lowest BCUT2D eigenvalue weighted by Crippen LogP contribution is -2.45. The highest BCUT2D eigenvalue weighted by molar-refractivity contribution is 7.99. The van der Waals surface area contributed by atoms with Crippen molar-refractivity contribution in [3.05, 3.63) is 40.2 Å². The molecule has 1 aromatic heterocycles. The van der Waals surface area contributed by atoms with Crippen molar-refractivity contribution in [2.45, 2.75) is 48.7 Å². The number of nitrogens with zero attached hydrogens (tertiary/aromatic N) is 5. The predicted molar refractivity (Wildman–Crippen MR) is 108 cm³/mol. The van der Waals surface area contributed by atoms with Crippen molar-refractivity contribution in [2.24, 2.45) is 7.05 Å². The van der Waals surface area contributed by atoms with E-state index >= 15 is 0 Å². The third-order valence-corrected chi connectivity index (χ3v) is 6.13. The van der Waals surface area contributed by atoms with Crippen LogP contribution in [0.2, 0.25) is 0 Å². The van der Waals surface area contributed by atoms with E-state index in [9.17, 15) is 19.7 Å². The van der Waals surface area contributed by atoms with Gasteiger partial charge in [0, 0.05) is 25.7 Å². The first-order valence-corrected chi connectivity index (χ1v) is 10.5. The minimum Gasteiger partial charge on any atom is -0.452 e. The maximum Gasteiger partial charge on any atom is 0.338 e. The van der Waals surface area contributed by atoms with Crippen molar-refractivity contribution in [1.29, 1.82) is 0 Å². The standard InChI is InChI=1S/C19H23N5O5S/c1-3-14-6-4-5-9-23(14)17(25)11-29-18(26)13-7-8-16(15(10-13)24(27)28)30-19-21-20-12-22(19)2/h7-8,10,12,14H,3-6,9,11H2,1-2H3. The average molecular weight is 433 g/mol. The van der Waals surface area contributed by atoms with Crippen LogP contribution in [0.25, 0.3) is 0 Å². The summed E-state index contributed by atoms with van der Waals surface area (Å²) in [5.74, 6) is -1.01. The fourth-order valence-electron chi connectivity index (χ4n) is 3.38. The summed E-state index contributed by atoms with van der Waals surface area (Å²) in [4.78, 5) is 37.9. The van der Waals surface area contributed by atoms with Gasteiger partial charge in [-0.3, -0.25) is 14.9 Å². The number of carbonyl (C=O) groups excluding carboxylic acids is 2. The minimum absolute atomic E-state index is 0.0162. The van der Waals surface area contributed by atoms with Gasteiger partial charge in [-0.25, -0.2) is 4.79 Å². The molecule has 0 radical (unpaired) electrons. The van der Waals surface area contributed by atoms with E-state index in [-0.39, 0.29) is 29.8 Å². The van der Waals surface area contributed by atoms with Crippen LogP contribution >= 0.6 is 11.8 Å². The quantitative estimate of drug-likeness (QED) is 0.371. The maximum absolute atomic E-state index is 12.5. The van der Waals surface area contributed by atoms with Crippen molar-refractivity contribution in [3.8, 4) is 0 Å². The predicted octanol–water partition coefficient (Wildman–Crippen LogP) is 2.82. The van der Waals surface area contributed by atoms with Gasteiger partial charge < -0.3 is 14.2 Å². The third kappa shape index (κ3) is 4.96. The van der Waals surface area contributed by atoms with Gasteiger partial charge in [0.25, 0.3) is 11.6 Å². The van der Waals surface area contributed by atoms with Crippen molar-refractivity contribution in [3.63, 3.8) is 0 Å². The summed E-state index contributed by atoms with van der Waals surface area (Å²) in [7, 11) is 1.72. The molecule has 1 atom stereocenters. The molecule has 160 valence electrons. The molecular weight excluding hydrogens is 410 g/mol. The maximum atomic E-state index is 12.5. The molecule has 1 aliphatic heterocycles. The molecule has 1 aliphatic rings. The highest BCUT2D eigenvalue weighted by atomic mass is 32.2. The Balaban J connectivity index is 1.68. The first-order valence-electron chi connectivity index (χ1n) is 9.67. The topological polar surface area (TPSA) is 120 Å². The number of nitro benzene ring substituents is 1. The normalized spacial score (nSPS) is 16.3. The lowest BCUT2D eigenvalue weighted by atomic mass is 10.00. The second-order valence-corrected chi connectivity index (χ2v) is 8.00. The van der Waals surface area contributed by atoms with Crippen LogP contribution < -0.4 is 0 Å². The first kappa shape index (κ1) is 21.8. The molecule has 1 fully saturated rings.